The number of primary amides is 1. The van der Waals surface area contributed by atoms with Crippen molar-refractivity contribution >= 4 is 5.91 Å². The van der Waals surface area contributed by atoms with Gasteiger partial charge in [0.1, 0.15) is 5.75 Å². The van der Waals surface area contributed by atoms with E-state index in [9.17, 15) is 4.79 Å². The van der Waals surface area contributed by atoms with Gasteiger partial charge in [-0.2, -0.15) is 0 Å². The summed E-state index contributed by atoms with van der Waals surface area (Å²) >= 11 is 0. The van der Waals surface area contributed by atoms with Gasteiger partial charge in [-0.05, 0) is 46.5 Å². The lowest BCUT2D eigenvalue weighted by Gasteiger charge is -2.09. The molecular weight excluding hydrogens is 400 g/mol. The van der Waals surface area contributed by atoms with Gasteiger partial charge in [0.05, 0.1) is 0 Å². The normalized spacial score (nSPS) is 10.6. The molecular formula is C26H24N4O2. The first kappa shape index (κ1) is 21.2. The molecule has 160 valence electrons. The molecule has 2 aromatic carbocycles. The summed E-state index contributed by atoms with van der Waals surface area (Å²) in [7, 11) is 0. The molecule has 4 rings (SSSR count). The van der Waals surface area contributed by atoms with Crippen LogP contribution in [-0.4, -0.2) is 22.5 Å². The maximum Gasteiger partial charge on any atom is 0.255 e. The first-order valence-corrected chi connectivity index (χ1v) is 10.3. The van der Waals surface area contributed by atoms with Gasteiger partial charge in [0.15, 0.2) is 6.61 Å². The predicted octanol–water partition coefficient (Wildman–Crippen LogP) is 3.96. The van der Waals surface area contributed by atoms with Gasteiger partial charge >= 0.3 is 0 Å². The van der Waals surface area contributed by atoms with Gasteiger partial charge in [-0.3, -0.25) is 14.8 Å². The van der Waals surface area contributed by atoms with Crippen molar-refractivity contribution < 1.29 is 9.53 Å². The van der Waals surface area contributed by atoms with Crippen LogP contribution in [0.25, 0.3) is 22.3 Å². The molecule has 0 fully saturated rings. The quantitative estimate of drug-likeness (QED) is 0.424. The van der Waals surface area contributed by atoms with E-state index in [0.29, 0.717) is 5.75 Å². The smallest absolute Gasteiger partial charge is 0.255 e. The van der Waals surface area contributed by atoms with Crippen molar-refractivity contribution in [2.24, 2.45) is 5.73 Å². The average molecular weight is 425 g/mol. The Labute approximate surface area is 187 Å². The predicted molar refractivity (Wildman–Crippen MR) is 125 cm³/mol. The van der Waals surface area contributed by atoms with Crippen LogP contribution in [0.4, 0.5) is 0 Å². The number of carbonyl (C=O) groups excluding carboxylic acids is 1. The molecule has 6 heteroatoms. The van der Waals surface area contributed by atoms with E-state index in [4.69, 9.17) is 10.5 Å². The van der Waals surface area contributed by atoms with Crippen LogP contribution in [0.3, 0.4) is 0 Å². The number of benzene rings is 2. The molecule has 2 aromatic heterocycles. The van der Waals surface area contributed by atoms with Crippen LogP contribution >= 0.6 is 0 Å². The minimum atomic E-state index is -0.490. The summed E-state index contributed by atoms with van der Waals surface area (Å²) in [5, 5.41) is 3.48. The van der Waals surface area contributed by atoms with Gasteiger partial charge < -0.3 is 15.8 Å². The van der Waals surface area contributed by atoms with Crippen LogP contribution in [0.2, 0.25) is 0 Å². The molecule has 2 heterocycles. The Morgan fingerprint density at radius 2 is 1.47 bits per heavy atom. The highest BCUT2D eigenvalue weighted by Gasteiger charge is 2.03. The lowest BCUT2D eigenvalue weighted by atomic mass is 10.0. The molecule has 0 spiro atoms. The van der Waals surface area contributed by atoms with E-state index < -0.39 is 5.91 Å². The largest absolute Gasteiger partial charge is 0.484 e. The Morgan fingerprint density at radius 1 is 0.781 bits per heavy atom. The van der Waals surface area contributed by atoms with Crippen LogP contribution in [0.15, 0.2) is 91.5 Å². The molecule has 0 aliphatic heterocycles. The second kappa shape index (κ2) is 10.3. The van der Waals surface area contributed by atoms with Crippen molar-refractivity contribution in [2.45, 2.75) is 13.1 Å². The van der Waals surface area contributed by atoms with Gasteiger partial charge in [0, 0.05) is 49.0 Å². The molecule has 6 nitrogen and oxygen atoms in total. The summed E-state index contributed by atoms with van der Waals surface area (Å²) in [5.41, 5.74) is 11.7. The first-order chi connectivity index (χ1) is 15.7. The standard InChI is InChI=1S/C26H24N4O2/c27-26(31)18-32-25-9-7-22(8-10-25)21-5-3-19(4-6-21)13-29-14-20-12-24(17-30-15-20)23-2-1-11-28-16-23/h1-12,15-17,29H,13-14,18H2,(H2,27,31). The zero-order valence-electron chi connectivity index (χ0n) is 17.6. The summed E-state index contributed by atoms with van der Waals surface area (Å²) < 4.78 is 5.30. The van der Waals surface area contributed by atoms with Crippen molar-refractivity contribution in [3.8, 4) is 28.0 Å². The van der Waals surface area contributed by atoms with E-state index >= 15 is 0 Å². The molecule has 0 aliphatic rings. The van der Waals surface area contributed by atoms with Crippen molar-refractivity contribution in [3.63, 3.8) is 0 Å². The number of hydrogen-bond acceptors (Lipinski definition) is 5. The molecule has 4 aromatic rings. The molecule has 32 heavy (non-hydrogen) atoms. The first-order valence-electron chi connectivity index (χ1n) is 10.3. The van der Waals surface area contributed by atoms with Crippen LogP contribution in [0.1, 0.15) is 11.1 Å². The second-order valence-electron chi connectivity index (χ2n) is 7.40. The number of amides is 1. The minimum absolute atomic E-state index is 0.120. The monoisotopic (exact) mass is 424 g/mol. The SMILES string of the molecule is NC(=O)COc1ccc(-c2ccc(CNCc3cncc(-c4cccnc4)c3)cc2)cc1. The van der Waals surface area contributed by atoms with Crippen LogP contribution in [0, 0.1) is 0 Å². The van der Waals surface area contributed by atoms with Crippen molar-refractivity contribution in [1.29, 1.82) is 0 Å². The minimum Gasteiger partial charge on any atom is -0.484 e. The van der Waals surface area contributed by atoms with E-state index in [2.05, 4.69) is 45.6 Å². The number of pyridine rings is 2. The topological polar surface area (TPSA) is 90.1 Å². The number of aromatic nitrogens is 2. The van der Waals surface area contributed by atoms with Crippen molar-refractivity contribution in [2.75, 3.05) is 6.61 Å². The number of nitrogens with zero attached hydrogens (tertiary/aromatic N) is 2. The Balaban J connectivity index is 1.31. The fourth-order valence-corrected chi connectivity index (χ4v) is 3.34. The zero-order chi connectivity index (χ0) is 22.2. The van der Waals surface area contributed by atoms with E-state index in [1.807, 2.05) is 55.0 Å². The van der Waals surface area contributed by atoms with Gasteiger partial charge in [-0.1, -0.05) is 42.5 Å². The van der Waals surface area contributed by atoms with E-state index in [-0.39, 0.29) is 6.61 Å². The molecule has 0 atom stereocenters. The summed E-state index contributed by atoms with van der Waals surface area (Å²) in [5.74, 6) is 0.131. The lowest BCUT2D eigenvalue weighted by molar-refractivity contribution is -0.119. The molecule has 0 aliphatic carbocycles. The fraction of sp³-hybridized carbons (Fsp3) is 0.115. The fourth-order valence-electron chi connectivity index (χ4n) is 3.34. The second-order valence-corrected chi connectivity index (χ2v) is 7.40. The lowest BCUT2D eigenvalue weighted by Crippen LogP contribution is -2.19. The van der Waals surface area contributed by atoms with Gasteiger partial charge in [-0.15, -0.1) is 0 Å². The van der Waals surface area contributed by atoms with Crippen LogP contribution in [0.5, 0.6) is 5.75 Å². The molecule has 0 radical (unpaired) electrons. The number of ether oxygens (including phenoxy) is 1. The van der Waals surface area contributed by atoms with Crippen molar-refractivity contribution in [3.05, 3.63) is 103 Å². The Bertz CT molecular complexity index is 1160. The third-order valence-corrected chi connectivity index (χ3v) is 4.97. The number of nitrogens with one attached hydrogen (secondary N) is 1. The summed E-state index contributed by atoms with van der Waals surface area (Å²) in [6.07, 6.45) is 7.35. The Hall–Kier alpha value is -4.03. The van der Waals surface area contributed by atoms with E-state index in [0.717, 1.165) is 40.9 Å². The third-order valence-electron chi connectivity index (χ3n) is 4.97. The van der Waals surface area contributed by atoms with Gasteiger partial charge in [0.25, 0.3) is 5.91 Å². The third kappa shape index (κ3) is 5.77. The summed E-state index contributed by atoms with van der Waals surface area (Å²) in [4.78, 5) is 19.3. The maximum absolute atomic E-state index is 10.8. The highest BCUT2D eigenvalue weighted by Crippen LogP contribution is 2.23. The van der Waals surface area contributed by atoms with E-state index in [1.165, 1.54) is 5.56 Å². The highest BCUT2D eigenvalue weighted by molar-refractivity contribution is 5.75. The Morgan fingerprint density at radius 3 is 2.16 bits per heavy atom. The van der Waals surface area contributed by atoms with Crippen LogP contribution < -0.4 is 15.8 Å². The van der Waals surface area contributed by atoms with Crippen LogP contribution in [-0.2, 0) is 17.9 Å². The van der Waals surface area contributed by atoms with Crippen molar-refractivity contribution in [1.82, 2.24) is 15.3 Å². The van der Waals surface area contributed by atoms with E-state index in [1.54, 1.807) is 6.20 Å². The summed E-state index contributed by atoms with van der Waals surface area (Å²) in [6, 6.07) is 22.1. The number of carbonyl (C=O) groups is 1. The number of hydrogen-bond donors (Lipinski definition) is 2. The molecule has 0 saturated heterocycles. The van der Waals surface area contributed by atoms with Gasteiger partial charge in [0.2, 0.25) is 0 Å². The summed E-state index contributed by atoms with van der Waals surface area (Å²) in [6.45, 7) is 1.37. The molecule has 1 amide bonds. The molecule has 0 saturated carbocycles. The molecule has 0 unspecified atom stereocenters. The zero-order valence-corrected chi connectivity index (χ0v) is 17.6. The average Bonchev–Trinajstić information content (AvgIpc) is 2.84. The molecule has 3 N–H and O–H groups in total. The Kier molecular flexibility index (Phi) is 6.84. The highest BCUT2D eigenvalue weighted by atomic mass is 16.5. The number of rotatable bonds is 9. The molecule has 0 bridgehead atoms. The van der Waals surface area contributed by atoms with Gasteiger partial charge in [-0.25, -0.2) is 0 Å². The maximum atomic E-state index is 10.8. The number of nitrogens with two attached hydrogens (primary N) is 1.